The molecule has 0 spiro atoms. The molecule has 2 amide bonds. The number of para-hydroxylation sites is 2. The standard InChI is InChI=1S/C17H17N3O3/c1-23-18-12-15(16(21)19-13-8-4-2-5-9-13)17(22)20-14-10-6-3-7-11-14/h2-12,15H,1H3,(H,19,21)(H,20,22)/b18-12-. The molecule has 23 heavy (non-hydrogen) atoms. The van der Waals surface area contributed by atoms with Crippen LogP contribution in [0.3, 0.4) is 0 Å². The third-order valence-electron chi connectivity index (χ3n) is 2.96. The van der Waals surface area contributed by atoms with Gasteiger partial charge < -0.3 is 15.5 Å². The number of carbonyl (C=O) groups is 2. The molecule has 2 aromatic carbocycles. The summed E-state index contributed by atoms with van der Waals surface area (Å²) in [4.78, 5) is 29.2. The molecule has 2 N–H and O–H groups in total. The van der Waals surface area contributed by atoms with Gasteiger partial charge in [0, 0.05) is 11.4 Å². The summed E-state index contributed by atoms with van der Waals surface area (Å²) in [5, 5.41) is 8.89. The largest absolute Gasteiger partial charge is 0.399 e. The van der Waals surface area contributed by atoms with E-state index in [2.05, 4.69) is 20.6 Å². The maximum absolute atomic E-state index is 12.3. The van der Waals surface area contributed by atoms with Crippen LogP contribution in [0.5, 0.6) is 0 Å². The Labute approximate surface area is 134 Å². The number of nitrogens with zero attached hydrogens (tertiary/aromatic N) is 1. The van der Waals surface area contributed by atoms with E-state index in [-0.39, 0.29) is 0 Å². The highest BCUT2D eigenvalue weighted by atomic mass is 16.6. The van der Waals surface area contributed by atoms with Crippen LogP contribution in [-0.4, -0.2) is 25.1 Å². The number of amides is 2. The molecule has 0 atom stereocenters. The smallest absolute Gasteiger partial charge is 0.242 e. The second kappa shape index (κ2) is 8.33. The number of benzene rings is 2. The lowest BCUT2D eigenvalue weighted by atomic mass is 10.1. The van der Waals surface area contributed by atoms with E-state index >= 15 is 0 Å². The lowest BCUT2D eigenvalue weighted by Crippen LogP contribution is -2.35. The first-order chi connectivity index (χ1) is 11.2. The van der Waals surface area contributed by atoms with Gasteiger partial charge >= 0.3 is 0 Å². The molecule has 0 aliphatic carbocycles. The molecule has 2 aromatic rings. The average molecular weight is 311 g/mol. The van der Waals surface area contributed by atoms with Crippen LogP contribution in [0.4, 0.5) is 11.4 Å². The van der Waals surface area contributed by atoms with Crippen LogP contribution in [0, 0.1) is 5.92 Å². The Hall–Kier alpha value is -3.15. The van der Waals surface area contributed by atoms with Crippen molar-refractivity contribution >= 4 is 29.4 Å². The van der Waals surface area contributed by atoms with Crippen molar-refractivity contribution in [2.45, 2.75) is 0 Å². The van der Waals surface area contributed by atoms with E-state index in [4.69, 9.17) is 0 Å². The normalized spacial score (nSPS) is 10.5. The molecule has 0 unspecified atom stereocenters. The first-order valence-corrected chi connectivity index (χ1v) is 6.99. The van der Waals surface area contributed by atoms with E-state index in [9.17, 15) is 9.59 Å². The van der Waals surface area contributed by atoms with Crippen LogP contribution in [0.2, 0.25) is 0 Å². The zero-order chi connectivity index (χ0) is 16.5. The zero-order valence-corrected chi connectivity index (χ0v) is 12.6. The number of carbonyl (C=O) groups excluding carboxylic acids is 2. The number of nitrogens with one attached hydrogen (secondary N) is 2. The van der Waals surface area contributed by atoms with Gasteiger partial charge in [-0.3, -0.25) is 9.59 Å². The van der Waals surface area contributed by atoms with Crippen LogP contribution >= 0.6 is 0 Å². The predicted molar refractivity (Wildman–Crippen MR) is 89.1 cm³/mol. The third-order valence-corrected chi connectivity index (χ3v) is 2.96. The molecule has 0 radical (unpaired) electrons. The van der Waals surface area contributed by atoms with Gasteiger partial charge in [-0.25, -0.2) is 0 Å². The van der Waals surface area contributed by atoms with Gasteiger partial charge in [-0.2, -0.15) is 0 Å². The Morgan fingerprint density at radius 3 is 1.74 bits per heavy atom. The molecule has 0 aliphatic heterocycles. The van der Waals surface area contributed by atoms with Gasteiger partial charge in [-0.05, 0) is 24.3 Å². The van der Waals surface area contributed by atoms with Gasteiger partial charge in [0.15, 0.2) is 5.92 Å². The second-order valence-corrected chi connectivity index (χ2v) is 4.63. The Morgan fingerprint density at radius 2 is 1.35 bits per heavy atom. The van der Waals surface area contributed by atoms with Crippen LogP contribution in [0.15, 0.2) is 65.8 Å². The third kappa shape index (κ3) is 4.96. The van der Waals surface area contributed by atoms with Crippen molar-refractivity contribution in [1.82, 2.24) is 0 Å². The maximum atomic E-state index is 12.3. The Morgan fingerprint density at radius 1 is 0.913 bits per heavy atom. The van der Waals surface area contributed by atoms with Crippen molar-refractivity contribution in [2.24, 2.45) is 11.1 Å². The van der Waals surface area contributed by atoms with Crippen LogP contribution in [0.25, 0.3) is 0 Å². The molecule has 6 nitrogen and oxygen atoms in total. The zero-order valence-electron chi connectivity index (χ0n) is 12.6. The van der Waals surface area contributed by atoms with Gasteiger partial charge in [0.05, 0.1) is 6.21 Å². The van der Waals surface area contributed by atoms with Gasteiger partial charge in [0.25, 0.3) is 0 Å². The fraction of sp³-hybridized carbons (Fsp3) is 0.118. The van der Waals surface area contributed by atoms with Crippen LogP contribution in [-0.2, 0) is 14.4 Å². The minimum atomic E-state index is -1.12. The minimum absolute atomic E-state index is 0.495. The van der Waals surface area contributed by atoms with Crippen molar-refractivity contribution in [3.05, 3.63) is 60.7 Å². The molecule has 0 saturated carbocycles. The maximum Gasteiger partial charge on any atom is 0.242 e. The Kier molecular flexibility index (Phi) is 5.88. The first-order valence-electron chi connectivity index (χ1n) is 6.99. The topological polar surface area (TPSA) is 79.8 Å². The molecule has 0 aliphatic rings. The van der Waals surface area contributed by atoms with Crippen LogP contribution < -0.4 is 10.6 Å². The summed E-state index contributed by atoms with van der Waals surface area (Å²) < 4.78 is 0. The van der Waals surface area contributed by atoms with E-state index in [0.717, 1.165) is 6.21 Å². The van der Waals surface area contributed by atoms with E-state index in [1.54, 1.807) is 48.5 Å². The molecule has 0 aromatic heterocycles. The molecule has 0 bridgehead atoms. The predicted octanol–water partition coefficient (Wildman–Crippen LogP) is 2.51. The summed E-state index contributed by atoms with van der Waals surface area (Å²) >= 11 is 0. The molecule has 0 fully saturated rings. The van der Waals surface area contributed by atoms with Crippen LogP contribution in [0.1, 0.15) is 0 Å². The minimum Gasteiger partial charge on any atom is -0.399 e. The van der Waals surface area contributed by atoms with Crippen molar-refractivity contribution in [1.29, 1.82) is 0 Å². The summed E-state index contributed by atoms with van der Waals surface area (Å²) in [5.74, 6) is -2.11. The molecule has 118 valence electrons. The van der Waals surface area contributed by atoms with E-state index in [1.165, 1.54) is 7.11 Å². The molecular weight excluding hydrogens is 294 g/mol. The van der Waals surface area contributed by atoms with Gasteiger partial charge in [-0.1, -0.05) is 41.6 Å². The highest BCUT2D eigenvalue weighted by Gasteiger charge is 2.25. The number of hydrogen-bond donors (Lipinski definition) is 2. The van der Waals surface area contributed by atoms with E-state index < -0.39 is 17.7 Å². The number of rotatable bonds is 6. The highest BCUT2D eigenvalue weighted by molar-refractivity contribution is 6.20. The summed E-state index contributed by atoms with van der Waals surface area (Å²) in [6.07, 6.45) is 1.16. The summed E-state index contributed by atoms with van der Waals surface area (Å²) in [7, 11) is 1.35. The summed E-state index contributed by atoms with van der Waals surface area (Å²) in [6.45, 7) is 0. The number of oxime groups is 1. The highest BCUT2D eigenvalue weighted by Crippen LogP contribution is 2.11. The fourth-order valence-electron chi connectivity index (χ4n) is 1.86. The van der Waals surface area contributed by atoms with Crippen molar-refractivity contribution < 1.29 is 14.4 Å². The molecule has 2 rings (SSSR count). The van der Waals surface area contributed by atoms with Gasteiger partial charge in [-0.15, -0.1) is 0 Å². The number of hydrogen-bond acceptors (Lipinski definition) is 4. The van der Waals surface area contributed by atoms with E-state index in [0.29, 0.717) is 11.4 Å². The lowest BCUT2D eigenvalue weighted by molar-refractivity contribution is -0.126. The fourth-order valence-corrected chi connectivity index (χ4v) is 1.86. The summed E-state index contributed by atoms with van der Waals surface area (Å²) in [6, 6.07) is 17.8. The molecule has 6 heteroatoms. The number of anilines is 2. The van der Waals surface area contributed by atoms with Gasteiger partial charge in [0.2, 0.25) is 11.8 Å². The van der Waals surface area contributed by atoms with Gasteiger partial charge in [0.1, 0.15) is 7.11 Å². The lowest BCUT2D eigenvalue weighted by Gasteiger charge is -2.13. The quantitative estimate of drug-likeness (QED) is 0.489. The molecular formula is C17H17N3O3. The Bertz CT molecular complexity index is 618. The monoisotopic (exact) mass is 311 g/mol. The van der Waals surface area contributed by atoms with Crippen molar-refractivity contribution in [2.75, 3.05) is 17.7 Å². The van der Waals surface area contributed by atoms with Crippen molar-refractivity contribution in [3.8, 4) is 0 Å². The first kappa shape index (κ1) is 16.2. The average Bonchev–Trinajstić information content (AvgIpc) is 2.57. The van der Waals surface area contributed by atoms with Crippen molar-refractivity contribution in [3.63, 3.8) is 0 Å². The second-order valence-electron chi connectivity index (χ2n) is 4.63. The van der Waals surface area contributed by atoms with E-state index in [1.807, 2.05) is 12.1 Å². The Balaban J connectivity index is 2.10. The molecule has 0 heterocycles. The SMILES string of the molecule is CO/N=C\C(C(=O)Nc1ccccc1)C(=O)Nc1ccccc1. The summed E-state index contributed by atoms with van der Waals surface area (Å²) in [5.41, 5.74) is 1.20. The molecule has 0 saturated heterocycles.